The molecule has 3 heterocycles. The van der Waals surface area contributed by atoms with Crippen LogP contribution < -0.4 is 11.1 Å². The van der Waals surface area contributed by atoms with Crippen molar-refractivity contribution in [1.82, 2.24) is 24.9 Å². The van der Waals surface area contributed by atoms with Crippen LogP contribution in [-0.4, -0.2) is 37.6 Å². The number of hydrogen-bond donors (Lipinski definition) is 2. The molecule has 0 atom stereocenters. The smallest absolute Gasteiger partial charge is 0.222 e. The maximum atomic E-state index is 14.3. The molecule has 1 fully saturated rings. The van der Waals surface area contributed by atoms with Gasteiger partial charge in [0, 0.05) is 41.7 Å². The maximum absolute atomic E-state index is 14.3. The Kier molecular flexibility index (Phi) is 4.81. The number of aryl methyl sites for hydroxylation is 2. The number of hydrogen-bond acceptors (Lipinski definition) is 7. The minimum Gasteiger partial charge on any atom is -0.368 e. The number of nitrogens with two attached hydrogens (primary N) is 1. The van der Waals surface area contributed by atoms with Crippen LogP contribution in [0.15, 0.2) is 30.7 Å². The van der Waals surface area contributed by atoms with E-state index in [1.54, 1.807) is 12.4 Å². The van der Waals surface area contributed by atoms with Gasteiger partial charge in [-0.15, -0.1) is 0 Å². The van der Waals surface area contributed by atoms with Gasteiger partial charge in [-0.1, -0.05) is 0 Å². The van der Waals surface area contributed by atoms with Crippen molar-refractivity contribution < 1.29 is 8.78 Å². The second-order valence-electron chi connectivity index (χ2n) is 7.39. The lowest BCUT2D eigenvalue weighted by Gasteiger charge is -2.43. The zero-order valence-corrected chi connectivity index (χ0v) is 16.2. The van der Waals surface area contributed by atoms with Crippen molar-refractivity contribution in [3.05, 3.63) is 53.6 Å². The molecule has 0 aromatic carbocycles. The first-order valence-corrected chi connectivity index (χ1v) is 9.30. The third kappa shape index (κ3) is 3.59. The summed E-state index contributed by atoms with van der Waals surface area (Å²) < 4.78 is 28.0. The van der Waals surface area contributed by atoms with Crippen molar-refractivity contribution in [2.75, 3.05) is 17.6 Å². The fourth-order valence-corrected chi connectivity index (χ4v) is 3.80. The molecule has 0 bridgehead atoms. The second-order valence-corrected chi connectivity index (χ2v) is 7.39. The highest BCUT2D eigenvalue weighted by Gasteiger charge is 2.48. The molecule has 4 rings (SSSR count). The van der Waals surface area contributed by atoms with Crippen LogP contribution in [0.4, 0.5) is 20.7 Å². The Bertz CT molecular complexity index is 1050. The highest BCUT2D eigenvalue weighted by molar-refractivity contribution is 5.67. The van der Waals surface area contributed by atoms with Gasteiger partial charge in [0.2, 0.25) is 11.9 Å². The molecule has 7 nitrogen and oxygen atoms in total. The summed E-state index contributed by atoms with van der Waals surface area (Å²) in [7, 11) is 0. The van der Waals surface area contributed by atoms with Crippen LogP contribution >= 0.6 is 0 Å². The topological polar surface area (TPSA) is 102 Å². The van der Waals surface area contributed by atoms with E-state index >= 15 is 0 Å². The molecule has 3 aromatic rings. The van der Waals surface area contributed by atoms with Gasteiger partial charge in [0.1, 0.15) is 12.0 Å². The van der Waals surface area contributed by atoms with E-state index in [0.29, 0.717) is 12.5 Å². The van der Waals surface area contributed by atoms with Crippen LogP contribution in [-0.2, 0) is 5.41 Å². The van der Waals surface area contributed by atoms with Crippen molar-refractivity contribution in [3.63, 3.8) is 0 Å². The summed E-state index contributed by atoms with van der Waals surface area (Å²) >= 11 is 0. The molecule has 1 aliphatic rings. The molecule has 1 aliphatic carbocycles. The summed E-state index contributed by atoms with van der Waals surface area (Å²) in [6, 6.07) is 2.88. The van der Waals surface area contributed by atoms with Gasteiger partial charge < -0.3 is 11.1 Å². The van der Waals surface area contributed by atoms with E-state index in [0.717, 1.165) is 22.5 Å². The molecule has 29 heavy (non-hydrogen) atoms. The fourth-order valence-electron chi connectivity index (χ4n) is 3.80. The molecule has 3 aromatic heterocycles. The zero-order valence-electron chi connectivity index (χ0n) is 16.2. The fraction of sp³-hybridized carbons (Fsp3) is 0.350. The van der Waals surface area contributed by atoms with E-state index in [9.17, 15) is 8.78 Å². The Labute approximate surface area is 166 Å². The predicted molar refractivity (Wildman–Crippen MR) is 105 cm³/mol. The Hall–Kier alpha value is -3.23. The SMILES string of the molecule is Cc1nc(N)ncc1-c1cnc(NCC2(c3ncccc3F)CC(F)C2)nc1C. The normalized spacial score (nSPS) is 20.9. The first-order chi connectivity index (χ1) is 13.9. The number of halogens is 2. The lowest BCUT2D eigenvalue weighted by atomic mass is 9.65. The number of pyridine rings is 1. The van der Waals surface area contributed by atoms with Crippen LogP contribution in [0.2, 0.25) is 0 Å². The van der Waals surface area contributed by atoms with E-state index < -0.39 is 17.4 Å². The van der Waals surface area contributed by atoms with Crippen LogP contribution in [0.3, 0.4) is 0 Å². The van der Waals surface area contributed by atoms with E-state index in [-0.39, 0.29) is 24.5 Å². The molecule has 9 heteroatoms. The monoisotopic (exact) mass is 397 g/mol. The van der Waals surface area contributed by atoms with Gasteiger partial charge in [-0.05, 0) is 38.8 Å². The summed E-state index contributed by atoms with van der Waals surface area (Å²) in [5.74, 6) is 0.174. The van der Waals surface area contributed by atoms with E-state index in [4.69, 9.17) is 5.73 Å². The summed E-state index contributed by atoms with van der Waals surface area (Å²) in [5, 5.41) is 3.13. The number of nitrogen functional groups attached to an aromatic ring is 1. The van der Waals surface area contributed by atoms with Crippen molar-refractivity contribution in [1.29, 1.82) is 0 Å². The quantitative estimate of drug-likeness (QED) is 0.682. The zero-order chi connectivity index (χ0) is 20.6. The number of anilines is 2. The average Bonchev–Trinajstić information content (AvgIpc) is 2.65. The van der Waals surface area contributed by atoms with Gasteiger partial charge >= 0.3 is 0 Å². The molecular weight excluding hydrogens is 376 g/mol. The summed E-state index contributed by atoms with van der Waals surface area (Å²) in [5.41, 5.74) is 8.25. The van der Waals surface area contributed by atoms with Gasteiger partial charge in [-0.3, -0.25) is 4.98 Å². The minimum atomic E-state index is -0.961. The standard InChI is InChI=1S/C20H21F2N7/c1-11-14(8-25-18(23)28-11)15-9-26-19(29-12(15)2)27-10-20(6-13(21)7-20)17-16(22)4-3-5-24-17/h3-5,8-9,13H,6-7,10H2,1-2H3,(H2,23,25,28)(H,26,27,29). The van der Waals surface area contributed by atoms with Gasteiger partial charge in [0.15, 0.2) is 0 Å². The van der Waals surface area contributed by atoms with Gasteiger partial charge in [0.05, 0.1) is 17.1 Å². The van der Waals surface area contributed by atoms with Crippen LogP contribution in [0.25, 0.3) is 11.1 Å². The van der Waals surface area contributed by atoms with E-state index in [1.165, 1.54) is 18.3 Å². The third-order valence-corrected chi connectivity index (χ3v) is 5.34. The lowest BCUT2D eigenvalue weighted by molar-refractivity contribution is 0.0963. The molecule has 0 spiro atoms. The number of aromatic nitrogens is 5. The second kappa shape index (κ2) is 7.31. The summed E-state index contributed by atoms with van der Waals surface area (Å²) in [6.07, 6.45) is 4.32. The molecule has 0 unspecified atom stereocenters. The van der Waals surface area contributed by atoms with Crippen LogP contribution in [0.1, 0.15) is 29.9 Å². The Balaban J connectivity index is 1.55. The van der Waals surface area contributed by atoms with Crippen molar-refractivity contribution in [2.24, 2.45) is 0 Å². The van der Waals surface area contributed by atoms with Gasteiger partial charge in [-0.25, -0.2) is 28.7 Å². The Morgan fingerprint density at radius 1 is 1.10 bits per heavy atom. The van der Waals surface area contributed by atoms with Gasteiger partial charge in [0.25, 0.3) is 0 Å². The molecular formula is C20H21F2N7. The first-order valence-electron chi connectivity index (χ1n) is 9.30. The molecule has 0 saturated heterocycles. The molecule has 0 amide bonds. The molecule has 0 aliphatic heterocycles. The molecule has 0 radical (unpaired) electrons. The summed E-state index contributed by atoms with van der Waals surface area (Å²) in [6.45, 7) is 3.99. The first kappa shape index (κ1) is 19.1. The largest absolute Gasteiger partial charge is 0.368 e. The van der Waals surface area contributed by atoms with Crippen LogP contribution in [0, 0.1) is 19.7 Å². The van der Waals surface area contributed by atoms with Gasteiger partial charge in [-0.2, -0.15) is 0 Å². The predicted octanol–water partition coefficient (Wildman–Crippen LogP) is 3.15. The Morgan fingerprint density at radius 3 is 2.41 bits per heavy atom. The number of rotatable bonds is 5. The minimum absolute atomic E-state index is 0.210. The van der Waals surface area contributed by atoms with Crippen molar-refractivity contribution in [3.8, 4) is 11.1 Å². The maximum Gasteiger partial charge on any atom is 0.222 e. The molecule has 1 saturated carbocycles. The lowest BCUT2D eigenvalue weighted by Crippen LogP contribution is -2.49. The number of nitrogens with zero attached hydrogens (tertiary/aromatic N) is 5. The number of nitrogens with one attached hydrogen (secondary N) is 1. The average molecular weight is 397 g/mol. The van der Waals surface area contributed by atoms with Crippen molar-refractivity contribution in [2.45, 2.75) is 38.3 Å². The molecule has 150 valence electrons. The highest BCUT2D eigenvalue weighted by Crippen LogP contribution is 2.45. The van der Waals surface area contributed by atoms with Crippen molar-refractivity contribution >= 4 is 11.9 Å². The number of alkyl halides is 1. The van der Waals surface area contributed by atoms with Crippen LogP contribution in [0.5, 0.6) is 0 Å². The van der Waals surface area contributed by atoms with E-state index in [2.05, 4.69) is 30.2 Å². The molecule has 3 N–H and O–H groups in total. The van der Waals surface area contributed by atoms with E-state index in [1.807, 2.05) is 13.8 Å². The Morgan fingerprint density at radius 2 is 1.79 bits per heavy atom. The third-order valence-electron chi connectivity index (χ3n) is 5.34. The summed E-state index contributed by atoms with van der Waals surface area (Å²) in [4.78, 5) is 21.2. The highest BCUT2D eigenvalue weighted by atomic mass is 19.1.